The van der Waals surface area contributed by atoms with E-state index in [9.17, 15) is 13.2 Å². The molecule has 0 fully saturated rings. The van der Waals surface area contributed by atoms with E-state index in [4.69, 9.17) is 5.73 Å². The monoisotopic (exact) mass is 284 g/mol. The van der Waals surface area contributed by atoms with Crippen molar-refractivity contribution in [2.45, 2.75) is 30.7 Å². The molecule has 0 saturated carbocycles. The SMILES string of the molecule is CCC(CCN)NC(=O)c1cccc(S(C)(=O)=O)c1. The molecular weight excluding hydrogens is 264 g/mol. The molecule has 1 aromatic rings. The van der Waals surface area contributed by atoms with Crippen LogP contribution in [0.15, 0.2) is 29.2 Å². The van der Waals surface area contributed by atoms with Gasteiger partial charge in [0.2, 0.25) is 0 Å². The van der Waals surface area contributed by atoms with Crippen LogP contribution in [0.4, 0.5) is 0 Å². The minimum atomic E-state index is -3.30. The fourth-order valence-electron chi connectivity index (χ4n) is 1.72. The lowest BCUT2D eigenvalue weighted by atomic mass is 10.1. The molecule has 0 saturated heterocycles. The average Bonchev–Trinajstić information content (AvgIpc) is 2.37. The predicted octanol–water partition coefficient (Wildman–Crippen LogP) is 0.947. The largest absolute Gasteiger partial charge is 0.349 e. The van der Waals surface area contributed by atoms with Gasteiger partial charge in [0.1, 0.15) is 0 Å². The molecule has 0 aliphatic rings. The first-order chi connectivity index (χ1) is 8.88. The molecule has 1 unspecified atom stereocenters. The summed E-state index contributed by atoms with van der Waals surface area (Å²) in [6.07, 6.45) is 2.61. The van der Waals surface area contributed by atoms with E-state index >= 15 is 0 Å². The van der Waals surface area contributed by atoms with E-state index in [0.29, 0.717) is 18.5 Å². The molecule has 0 bridgehead atoms. The summed E-state index contributed by atoms with van der Waals surface area (Å²) in [5.74, 6) is -0.272. The smallest absolute Gasteiger partial charge is 0.251 e. The van der Waals surface area contributed by atoms with Gasteiger partial charge >= 0.3 is 0 Å². The van der Waals surface area contributed by atoms with Crippen molar-refractivity contribution >= 4 is 15.7 Å². The van der Waals surface area contributed by atoms with Crippen molar-refractivity contribution in [3.63, 3.8) is 0 Å². The molecule has 0 radical (unpaired) electrons. The summed E-state index contributed by atoms with van der Waals surface area (Å²) in [7, 11) is -3.30. The van der Waals surface area contributed by atoms with E-state index < -0.39 is 9.84 Å². The van der Waals surface area contributed by atoms with Crippen LogP contribution in [0.3, 0.4) is 0 Å². The fourth-order valence-corrected chi connectivity index (χ4v) is 2.38. The molecule has 19 heavy (non-hydrogen) atoms. The second-order valence-corrected chi connectivity index (χ2v) is 6.47. The summed E-state index contributed by atoms with van der Waals surface area (Å²) in [6.45, 7) is 2.47. The summed E-state index contributed by atoms with van der Waals surface area (Å²) in [6, 6.07) is 6.04. The van der Waals surface area contributed by atoms with Crippen LogP contribution in [-0.4, -0.2) is 33.2 Å². The van der Waals surface area contributed by atoms with Crippen molar-refractivity contribution in [1.29, 1.82) is 0 Å². The number of hydrogen-bond donors (Lipinski definition) is 2. The third-order valence-electron chi connectivity index (χ3n) is 2.87. The molecule has 5 nitrogen and oxygen atoms in total. The molecule has 0 aliphatic carbocycles. The zero-order valence-corrected chi connectivity index (χ0v) is 12.0. The fraction of sp³-hybridized carbons (Fsp3) is 0.462. The van der Waals surface area contributed by atoms with Crippen molar-refractivity contribution in [2.24, 2.45) is 5.73 Å². The zero-order chi connectivity index (χ0) is 14.5. The van der Waals surface area contributed by atoms with Crippen LogP contribution in [0.2, 0.25) is 0 Å². The Morgan fingerprint density at radius 3 is 2.63 bits per heavy atom. The third kappa shape index (κ3) is 4.65. The Kier molecular flexibility index (Phi) is 5.50. The van der Waals surface area contributed by atoms with Gasteiger partial charge in [0.05, 0.1) is 4.90 Å². The van der Waals surface area contributed by atoms with Crippen LogP contribution in [0.5, 0.6) is 0 Å². The number of benzene rings is 1. The molecule has 0 heterocycles. The van der Waals surface area contributed by atoms with Crippen LogP contribution in [0.25, 0.3) is 0 Å². The van der Waals surface area contributed by atoms with Crippen molar-refractivity contribution in [2.75, 3.05) is 12.8 Å². The third-order valence-corrected chi connectivity index (χ3v) is 3.98. The van der Waals surface area contributed by atoms with Crippen LogP contribution in [-0.2, 0) is 9.84 Å². The zero-order valence-electron chi connectivity index (χ0n) is 11.2. The Morgan fingerprint density at radius 2 is 2.11 bits per heavy atom. The van der Waals surface area contributed by atoms with Gasteiger partial charge in [-0.1, -0.05) is 13.0 Å². The standard InChI is InChI=1S/C13H20N2O3S/c1-3-11(7-8-14)15-13(16)10-5-4-6-12(9-10)19(2,17)18/h4-6,9,11H,3,7-8,14H2,1-2H3,(H,15,16). The Labute approximate surface area is 114 Å². The number of hydrogen-bond acceptors (Lipinski definition) is 4. The van der Waals surface area contributed by atoms with Crippen molar-refractivity contribution in [3.05, 3.63) is 29.8 Å². The van der Waals surface area contributed by atoms with Crippen LogP contribution in [0.1, 0.15) is 30.1 Å². The van der Waals surface area contributed by atoms with Gasteiger partial charge in [0.15, 0.2) is 9.84 Å². The molecular formula is C13H20N2O3S. The minimum Gasteiger partial charge on any atom is -0.349 e. The molecule has 6 heteroatoms. The van der Waals surface area contributed by atoms with E-state index in [-0.39, 0.29) is 16.8 Å². The number of nitrogens with one attached hydrogen (secondary N) is 1. The normalized spacial score (nSPS) is 13.0. The maximum atomic E-state index is 12.0. The highest BCUT2D eigenvalue weighted by Gasteiger charge is 2.14. The Balaban J connectivity index is 2.88. The summed E-state index contributed by atoms with van der Waals surface area (Å²) in [5, 5.41) is 2.85. The molecule has 0 aromatic heterocycles. The van der Waals surface area contributed by atoms with Gasteiger partial charge in [-0.2, -0.15) is 0 Å². The quantitative estimate of drug-likeness (QED) is 0.814. The molecule has 1 aromatic carbocycles. The highest BCUT2D eigenvalue weighted by molar-refractivity contribution is 7.90. The number of sulfone groups is 1. The lowest BCUT2D eigenvalue weighted by Gasteiger charge is -2.16. The van der Waals surface area contributed by atoms with Gasteiger partial charge < -0.3 is 11.1 Å². The van der Waals surface area contributed by atoms with Crippen molar-refractivity contribution in [3.8, 4) is 0 Å². The minimum absolute atomic E-state index is 0.0133. The van der Waals surface area contributed by atoms with E-state index in [1.165, 1.54) is 12.1 Å². The lowest BCUT2D eigenvalue weighted by molar-refractivity contribution is 0.0934. The highest BCUT2D eigenvalue weighted by atomic mass is 32.2. The first-order valence-corrected chi connectivity index (χ1v) is 8.08. The van der Waals surface area contributed by atoms with Crippen LogP contribution < -0.4 is 11.1 Å². The highest BCUT2D eigenvalue weighted by Crippen LogP contribution is 2.11. The maximum absolute atomic E-state index is 12.0. The number of amides is 1. The Morgan fingerprint density at radius 1 is 1.42 bits per heavy atom. The Bertz CT molecular complexity index is 541. The molecule has 3 N–H and O–H groups in total. The molecule has 0 aliphatic heterocycles. The molecule has 1 atom stereocenters. The summed E-state index contributed by atoms with van der Waals surface area (Å²) in [5.41, 5.74) is 5.82. The van der Waals surface area contributed by atoms with Gasteiger partial charge in [0.25, 0.3) is 5.91 Å². The number of rotatable bonds is 6. The molecule has 1 amide bonds. The predicted molar refractivity (Wildman–Crippen MR) is 74.8 cm³/mol. The first-order valence-electron chi connectivity index (χ1n) is 6.19. The molecule has 0 spiro atoms. The first kappa shape index (κ1) is 15.7. The lowest BCUT2D eigenvalue weighted by Crippen LogP contribution is -2.35. The van der Waals surface area contributed by atoms with E-state index in [1.807, 2.05) is 6.92 Å². The van der Waals surface area contributed by atoms with E-state index in [1.54, 1.807) is 12.1 Å². The van der Waals surface area contributed by atoms with Crippen molar-refractivity contribution < 1.29 is 13.2 Å². The second-order valence-electron chi connectivity index (χ2n) is 4.46. The summed E-state index contributed by atoms with van der Waals surface area (Å²) in [4.78, 5) is 12.2. The number of carbonyl (C=O) groups excluding carboxylic acids is 1. The summed E-state index contributed by atoms with van der Waals surface area (Å²) < 4.78 is 22.9. The van der Waals surface area contributed by atoms with Gasteiger partial charge in [-0.05, 0) is 37.6 Å². The number of nitrogens with two attached hydrogens (primary N) is 1. The van der Waals surface area contributed by atoms with E-state index in [2.05, 4.69) is 5.32 Å². The van der Waals surface area contributed by atoms with E-state index in [0.717, 1.165) is 12.7 Å². The Hall–Kier alpha value is -1.40. The molecule has 106 valence electrons. The van der Waals surface area contributed by atoms with Gasteiger partial charge in [-0.3, -0.25) is 4.79 Å². The van der Waals surface area contributed by atoms with Gasteiger partial charge in [-0.25, -0.2) is 8.42 Å². The van der Waals surface area contributed by atoms with Crippen LogP contribution in [0, 0.1) is 0 Å². The number of carbonyl (C=O) groups is 1. The maximum Gasteiger partial charge on any atom is 0.251 e. The summed E-state index contributed by atoms with van der Waals surface area (Å²) >= 11 is 0. The van der Waals surface area contributed by atoms with Crippen LogP contribution >= 0.6 is 0 Å². The average molecular weight is 284 g/mol. The molecule has 1 rings (SSSR count). The van der Waals surface area contributed by atoms with Gasteiger partial charge in [-0.15, -0.1) is 0 Å². The van der Waals surface area contributed by atoms with Gasteiger partial charge in [0, 0.05) is 17.9 Å². The van der Waals surface area contributed by atoms with Crippen molar-refractivity contribution in [1.82, 2.24) is 5.32 Å². The second kappa shape index (κ2) is 6.68. The topological polar surface area (TPSA) is 89.3 Å².